The van der Waals surface area contributed by atoms with Crippen molar-refractivity contribution in [1.82, 2.24) is 5.32 Å². The van der Waals surface area contributed by atoms with Gasteiger partial charge in [-0.05, 0) is 31.2 Å². The second-order valence-electron chi connectivity index (χ2n) is 3.39. The number of hydrogen-bond acceptors (Lipinski definition) is 3. The summed E-state index contributed by atoms with van der Waals surface area (Å²) in [4.78, 5) is 0. The van der Waals surface area contributed by atoms with Crippen LogP contribution in [0.1, 0.15) is 5.56 Å². The zero-order valence-corrected chi connectivity index (χ0v) is 8.79. The Bertz CT molecular complexity index is 276. The van der Waals surface area contributed by atoms with Crippen LogP contribution in [0.3, 0.4) is 0 Å². The smallest absolute Gasteiger partial charge is 0.0618 e. The van der Waals surface area contributed by atoms with E-state index in [1.807, 2.05) is 25.2 Å². The van der Waals surface area contributed by atoms with Crippen LogP contribution in [0.15, 0.2) is 24.3 Å². The van der Waals surface area contributed by atoms with Crippen LogP contribution < -0.4 is 11.1 Å². The van der Waals surface area contributed by atoms with Gasteiger partial charge in [-0.15, -0.1) is 0 Å². The number of nitrogens with two attached hydrogens (primary N) is 1. The molecular weight excluding hydrogens is 176 g/mol. The van der Waals surface area contributed by atoms with E-state index in [4.69, 9.17) is 10.5 Å². The van der Waals surface area contributed by atoms with Gasteiger partial charge in [0.1, 0.15) is 0 Å². The van der Waals surface area contributed by atoms with Crippen LogP contribution >= 0.6 is 0 Å². The van der Waals surface area contributed by atoms with Crippen molar-refractivity contribution in [2.24, 2.45) is 0 Å². The highest BCUT2D eigenvalue weighted by atomic mass is 16.5. The van der Waals surface area contributed by atoms with Crippen LogP contribution in [0.5, 0.6) is 0 Å². The predicted molar refractivity (Wildman–Crippen MR) is 59.3 cm³/mol. The largest absolute Gasteiger partial charge is 0.399 e. The first kappa shape index (κ1) is 11.0. The Kier molecular flexibility index (Phi) is 4.43. The van der Waals surface area contributed by atoms with E-state index in [0.717, 1.165) is 12.1 Å². The van der Waals surface area contributed by atoms with Crippen molar-refractivity contribution in [2.45, 2.75) is 12.5 Å². The van der Waals surface area contributed by atoms with Crippen LogP contribution in [0.2, 0.25) is 0 Å². The zero-order chi connectivity index (χ0) is 10.4. The van der Waals surface area contributed by atoms with Gasteiger partial charge in [-0.2, -0.15) is 0 Å². The van der Waals surface area contributed by atoms with E-state index in [9.17, 15) is 0 Å². The van der Waals surface area contributed by atoms with Crippen molar-refractivity contribution in [3.8, 4) is 0 Å². The number of ether oxygens (including phenoxy) is 1. The van der Waals surface area contributed by atoms with Crippen LogP contribution in [-0.2, 0) is 11.2 Å². The fourth-order valence-electron chi connectivity index (χ4n) is 1.45. The first-order chi connectivity index (χ1) is 6.76. The molecule has 1 aromatic rings. The van der Waals surface area contributed by atoms with Crippen molar-refractivity contribution in [3.05, 3.63) is 29.8 Å². The van der Waals surface area contributed by atoms with Crippen molar-refractivity contribution in [2.75, 3.05) is 26.5 Å². The topological polar surface area (TPSA) is 47.3 Å². The second-order valence-corrected chi connectivity index (χ2v) is 3.39. The lowest BCUT2D eigenvalue weighted by Crippen LogP contribution is -2.32. The minimum Gasteiger partial charge on any atom is -0.399 e. The van der Waals surface area contributed by atoms with E-state index in [-0.39, 0.29) is 0 Å². The summed E-state index contributed by atoms with van der Waals surface area (Å²) in [6.07, 6.45) is 0.940. The Morgan fingerprint density at radius 3 is 2.86 bits per heavy atom. The lowest BCUT2D eigenvalue weighted by molar-refractivity contribution is 0.169. The lowest BCUT2D eigenvalue weighted by Gasteiger charge is -2.15. The first-order valence-corrected chi connectivity index (χ1v) is 4.77. The van der Waals surface area contributed by atoms with Crippen molar-refractivity contribution in [1.29, 1.82) is 0 Å². The van der Waals surface area contributed by atoms with Gasteiger partial charge in [-0.25, -0.2) is 0 Å². The van der Waals surface area contributed by atoms with E-state index in [2.05, 4.69) is 11.4 Å². The second kappa shape index (κ2) is 5.62. The Morgan fingerprint density at radius 1 is 1.50 bits per heavy atom. The SMILES string of the molecule is CN[C@@H](COC)Cc1cccc(N)c1. The minimum atomic E-state index is 0.349. The molecule has 78 valence electrons. The van der Waals surface area contributed by atoms with Gasteiger partial charge in [-0.3, -0.25) is 0 Å². The highest BCUT2D eigenvalue weighted by Crippen LogP contribution is 2.08. The Morgan fingerprint density at radius 2 is 2.29 bits per heavy atom. The number of rotatable bonds is 5. The fourth-order valence-corrected chi connectivity index (χ4v) is 1.45. The van der Waals surface area contributed by atoms with E-state index < -0.39 is 0 Å². The molecule has 1 atom stereocenters. The van der Waals surface area contributed by atoms with Crippen molar-refractivity contribution in [3.63, 3.8) is 0 Å². The minimum absolute atomic E-state index is 0.349. The van der Waals surface area contributed by atoms with Gasteiger partial charge in [-0.1, -0.05) is 12.1 Å². The Labute approximate surface area is 85.3 Å². The normalized spacial score (nSPS) is 12.7. The molecule has 0 aliphatic heterocycles. The van der Waals surface area contributed by atoms with E-state index in [1.165, 1.54) is 5.56 Å². The number of nitrogens with one attached hydrogen (secondary N) is 1. The molecule has 0 bridgehead atoms. The lowest BCUT2D eigenvalue weighted by atomic mass is 10.1. The summed E-state index contributed by atoms with van der Waals surface area (Å²) in [5.41, 5.74) is 7.75. The summed E-state index contributed by atoms with van der Waals surface area (Å²) in [6, 6.07) is 8.30. The van der Waals surface area contributed by atoms with Gasteiger partial charge < -0.3 is 15.8 Å². The molecule has 3 nitrogen and oxygen atoms in total. The maximum Gasteiger partial charge on any atom is 0.0618 e. The summed E-state index contributed by atoms with van der Waals surface area (Å²) >= 11 is 0. The molecule has 0 saturated heterocycles. The Hall–Kier alpha value is -1.06. The van der Waals surface area contributed by atoms with Gasteiger partial charge in [0, 0.05) is 18.8 Å². The van der Waals surface area contributed by atoms with E-state index >= 15 is 0 Å². The van der Waals surface area contributed by atoms with E-state index in [1.54, 1.807) is 7.11 Å². The molecular formula is C11H18N2O. The highest BCUT2D eigenvalue weighted by molar-refractivity contribution is 5.40. The van der Waals surface area contributed by atoms with Gasteiger partial charge in [0.25, 0.3) is 0 Å². The molecule has 0 saturated carbocycles. The molecule has 3 N–H and O–H groups in total. The maximum atomic E-state index is 5.70. The molecule has 0 fully saturated rings. The third kappa shape index (κ3) is 3.36. The summed E-state index contributed by atoms with van der Waals surface area (Å²) in [5, 5.41) is 3.21. The number of hydrogen-bond donors (Lipinski definition) is 2. The van der Waals surface area contributed by atoms with Crippen LogP contribution in [-0.4, -0.2) is 26.8 Å². The van der Waals surface area contributed by atoms with Crippen molar-refractivity contribution < 1.29 is 4.74 Å². The molecule has 0 aliphatic rings. The highest BCUT2D eigenvalue weighted by Gasteiger charge is 2.06. The molecule has 3 heteroatoms. The van der Waals surface area contributed by atoms with Crippen LogP contribution in [0.25, 0.3) is 0 Å². The molecule has 0 unspecified atom stereocenters. The first-order valence-electron chi connectivity index (χ1n) is 4.77. The molecule has 0 aliphatic carbocycles. The molecule has 0 radical (unpaired) electrons. The number of nitrogen functional groups attached to an aromatic ring is 1. The molecule has 0 heterocycles. The predicted octanol–water partition coefficient (Wildman–Crippen LogP) is 1.05. The number of methoxy groups -OCH3 is 1. The van der Waals surface area contributed by atoms with Crippen LogP contribution in [0.4, 0.5) is 5.69 Å². The number of likely N-dealkylation sites (N-methyl/N-ethyl adjacent to an activating group) is 1. The van der Waals surface area contributed by atoms with Gasteiger partial charge >= 0.3 is 0 Å². The zero-order valence-electron chi connectivity index (χ0n) is 8.79. The standard InChI is InChI=1S/C11H18N2O/c1-13-11(8-14-2)7-9-4-3-5-10(12)6-9/h3-6,11,13H,7-8,12H2,1-2H3/t11-/m1/s1. The number of benzene rings is 1. The van der Waals surface area contributed by atoms with Gasteiger partial charge in [0.2, 0.25) is 0 Å². The third-order valence-corrected chi connectivity index (χ3v) is 2.21. The quantitative estimate of drug-likeness (QED) is 0.689. The molecule has 0 spiro atoms. The molecule has 1 rings (SSSR count). The van der Waals surface area contributed by atoms with Crippen LogP contribution in [0, 0.1) is 0 Å². The molecule has 0 aromatic heterocycles. The number of anilines is 1. The maximum absolute atomic E-state index is 5.70. The summed E-state index contributed by atoms with van der Waals surface area (Å²) in [5.74, 6) is 0. The fraction of sp³-hybridized carbons (Fsp3) is 0.455. The third-order valence-electron chi connectivity index (χ3n) is 2.21. The van der Waals surface area contributed by atoms with Gasteiger partial charge in [0.05, 0.1) is 6.61 Å². The summed E-state index contributed by atoms with van der Waals surface area (Å²) in [6.45, 7) is 0.714. The average Bonchev–Trinajstić information content (AvgIpc) is 2.17. The monoisotopic (exact) mass is 194 g/mol. The Balaban J connectivity index is 2.57. The van der Waals surface area contributed by atoms with Crippen molar-refractivity contribution >= 4 is 5.69 Å². The summed E-state index contributed by atoms with van der Waals surface area (Å²) < 4.78 is 5.10. The molecule has 0 amide bonds. The van der Waals surface area contributed by atoms with Gasteiger partial charge in [0.15, 0.2) is 0 Å². The molecule has 14 heavy (non-hydrogen) atoms. The summed E-state index contributed by atoms with van der Waals surface area (Å²) in [7, 11) is 3.65. The van der Waals surface area contributed by atoms with E-state index in [0.29, 0.717) is 12.6 Å². The molecule has 1 aromatic carbocycles. The average molecular weight is 194 g/mol.